The van der Waals surface area contributed by atoms with Crippen LogP contribution in [0.25, 0.3) is 16.8 Å². The number of aryl methyl sites for hydroxylation is 1. The van der Waals surface area contributed by atoms with Gasteiger partial charge in [-0.25, -0.2) is 9.97 Å². The molecule has 3 aromatic rings. The summed E-state index contributed by atoms with van der Waals surface area (Å²) in [6.45, 7) is 19.0. The zero-order valence-electron chi connectivity index (χ0n) is 26.7. The van der Waals surface area contributed by atoms with E-state index < -0.39 is 0 Å². The number of anilines is 2. The standard InChI is InChI=1S/C36H45N7O/c1-6-33(44)42-18-27(4)43(19-26(42)3)35-29-15-17-41(31-13-8-12-28-11-7-10-25(2)34(28)31)20-30(29)37-32(38-35)14-9-16-40-23-36(24-40)21-39(5)22-36/h6-14,26-27H,1,15-24H2,2-5H3/b14-9+/t26-,27+/m1/s1. The highest BCUT2D eigenvalue weighted by Crippen LogP contribution is 2.39. The number of rotatable bonds is 6. The molecule has 1 spiro atoms. The molecule has 3 fully saturated rings. The van der Waals surface area contributed by atoms with Crippen molar-refractivity contribution in [2.24, 2.45) is 5.41 Å². The maximum absolute atomic E-state index is 12.6. The summed E-state index contributed by atoms with van der Waals surface area (Å²) in [4.78, 5) is 34.7. The van der Waals surface area contributed by atoms with Crippen LogP contribution in [0.2, 0.25) is 0 Å². The monoisotopic (exact) mass is 591 g/mol. The normalized spacial score (nSPS) is 23.6. The Labute approximate surface area is 261 Å². The maximum Gasteiger partial charge on any atom is 0.246 e. The third-order valence-corrected chi connectivity index (χ3v) is 10.2. The summed E-state index contributed by atoms with van der Waals surface area (Å²) in [5, 5.41) is 2.60. The van der Waals surface area contributed by atoms with E-state index in [1.807, 2.05) is 4.90 Å². The Bertz CT molecular complexity index is 1610. The molecule has 0 N–H and O–H groups in total. The van der Waals surface area contributed by atoms with E-state index in [-0.39, 0.29) is 18.0 Å². The van der Waals surface area contributed by atoms with Crippen molar-refractivity contribution >= 4 is 34.3 Å². The molecular weight excluding hydrogens is 546 g/mol. The van der Waals surface area contributed by atoms with Crippen molar-refractivity contribution < 1.29 is 4.79 Å². The lowest BCUT2D eigenvalue weighted by Crippen LogP contribution is -2.70. The molecule has 0 bridgehead atoms. The largest absolute Gasteiger partial charge is 0.365 e. The molecule has 0 aliphatic carbocycles. The summed E-state index contributed by atoms with van der Waals surface area (Å²) in [6.07, 6.45) is 6.67. The van der Waals surface area contributed by atoms with E-state index in [4.69, 9.17) is 9.97 Å². The van der Waals surface area contributed by atoms with Gasteiger partial charge in [0.2, 0.25) is 5.91 Å². The molecule has 44 heavy (non-hydrogen) atoms. The summed E-state index contributed by atoms with van der Waals surface area (Å²) >= 11 is 0. The molecule has 230 valence electrons. The average Bonchev–Trinajstić information content (AvgIpc) is 2.98. The number of hydrogen-bond acceptors (Lipinski definition) is 7. The third-order valence-electron chi connectivity index (χ3n) is 10.2. The molecule has 1 aromatic heterocycles. The average molecular weight is 592 g/mol. The summed E-state index contributed by atoms with van der Waals surface area (Å²) < 4.78 is 0. The number of carbonyl (C=O) groups excluding carboxylic acids is 1. The first-order valence-corrected chi connectivity index (χ1v) is 16.1. The van der Waals surface area contributed by atoms with Gasteiger partial charge in [-0.15, -0.1) is 0 Å². The van der Waals surface area contributed by atoms with E-state index in [9.17, 15) is 4.79 Å². The second kappa shape index (κ2) is 11.3. The molecule has 5 heterocycles. The lowest BCUT2D eigenvalue weighted by Gasteiger charge is -2.59. The molecule has 3 saturated heterocycles. The Kier molecular flexibility index (Phi) is 7.45. The number of likely N-dealkylation sites (tertiary alicyclic amines) is 2. The van der Waals surface area contributed by atoms with Gasteiger partial charge in [-0.3, -0.25) is 9.69 Å². The fourth-order valence-electron chi connectivity index (χ4n) is 8.20. The predicted molar refractivity (Wildman–Crippen MR) is 179 cm³/mol. The highest BCUT2D eigenvalue weighted by molar-refractivity contribution is 5.97. The highest BCUT2D eigenvalue weighted by atomic mass is 16.2. The van der Waals surface area contributed by atoms with Crippen molar-refractivity contribution in [2.45, 2.75) is 45.8 Å². The molecule has 8 heteroatoms. The van der Waals surface area contributed by atoms with Gasteiger partial charge < -0.3 is 19.6 Å². The molecule has 2 atom stereocenters. The first-order valence-electron chi connectivity index (χ1n) is 16.1. The van der Waals surface area contributed by atoms with E-state index in [0.29, 0.717) is 12.0 Å². The van der Waals surface area contributed by atoms with Crippen molar-refractivity contribution in [1.29, 1.82) is 0 Å². The molecular formula is C36H45N7O. The van der Waals surface area contributed by atoms with Gasteiger partial charge in [-0.2, -0.15) is 0 Å². The zero-order chi connectivity index (χ0) is 30.6. The van der Waals surface area contributed by atoms with Gasteiger partial charge in [-0.05, 0) is 63.4 Å². The van der Waals surface area contributed by atoms with Crippen molar-refractivity contribution in [3.63, 3.8) is 0 Å². The van der Waals surface area contributed by atoms with Gasteiger partial charge in [0.25, 0.3) is 0 Å². The number of fused-ring (bicyclic) bond motifs is 2. The van der Waals surface area contributed by atoms with Crippen LogP contribution in [-0.2, 0) is 17.8 Å². The molecule has 0 saturated carbocycles. The van der Waals surface area contributed by atoms with Crippen molar-refractivity contribution in [1.82, 2.24) is 24.7 Å². The number of piperazine rings is 1. The SMILES string of the molecule is C=CC(=O)N1C[C@H](C)N(c2nc(/C=C/CN3CC4(CN(C)C4)C3)nc3c2CCN(c2cccc4cccc(C)c24)C3)C[C@H]1C. The number of nitrogens with zero attached hydrogens (tertiary/aromatic N) is 7. The van der Waals surface area contributed by atoms with Gasteiger partial charge in [0.15, 0.2) is 5.82 Å². The number of benzene rings is 2. The van der Waals surface area contributed by atoms with Gasteiger partial charge >= 0.3 is 0 Å². The van der Waals surface area contributed by atoms with Crippen LogP contribution in [0.3, 0.4) is 0 Å². The third kappa shape index (κ3) is 5.18. The van der Waals surface area contributed by atoms with E-state index in [1.165, 1.54) is 59.8 Å². The molecule has 7 rings (SSSR count). The van der Waals surface area contributed by atoms with Gasteiger partial charge in [-0.1, -0.05) is 43.0 Å². The van der Waals surface area contributed by atoms with Crippen molar-refractivity contribution in [3.8, 4) is 0 Å². The van der Waals surface area contributed by atoms with Gasteiger partial charge in [0.05, 0.1) is 12.2 Å². The summed E-state index contributed by atoms with van der Waals surface area (Å²) in [5.74, 6) is 1.81. The second-order valence-electron chi connectivity index (χ2n) is 13.7. The first-order chi connectivity index (χ1) is 21.2. The minimum absolute atomic E-state index is 0.000295. The van der Waals surface area contributed by atoms with Crippen molar-refractivity contribution in [2.75, 3.05) is 69.2 Å². The Hall–Kier alpha value is -3.75. The number of carbonyl (C=O) groups is 1. The van der Waals surface area contributed by atoms with Crippen LogP contribution >= 0.6 is 0 Å². The van der Waals surface area contributed by atoms with Crippen LogP contribution in [0.4, 0.5) is 11.5 Å². The summed E-state index contributed by atoms with van der Waals surface area (Å²) in [7, 11) is 2.21. The fraction of sp³-hybridized carbons (Fsp3) is 0.472. The molecule has 4 aliphatic heterocycles. The van der Waals surface area contributed by atoms with Crippen LogP contribution < -0.4 is 9.80 Å². The highest BCUT2D eigenvalue weighted by Gasteiger charge is 2.49. The number of hydrogen-bond donors (Lipinski definition) is 0. The number of amides is 1. The van der Waals surface area contributed by atoms with Crippen LogP contribution in [-0.4, -0.2) is 102 Å². The van der Waals surface area contributed by atoms with E-state index >= 15 is 0 Å². The van der Waals surface area contributed by atoms with Gasteiger partial charge in [0.1, 0.15) is 5.82 Å². The van der Waals surface area contributed by atoms with E-state index in [2.05, 4.69) is 103 Å². The fourth-order valence-corrected chi connectivity index (χ4v) is 8.20. The molecule has 2 aromatic carbocycles. The van der Waals surface area contributed by atoms with Gasteiger partial charge in [0, 0.05) is 86.5 Å². The van der Waals surface area contributed by atoms with Crippen LogP contribution in [0.15, 0.2) is 55.1 Å². The quantitative estimate of drug-likeness (QED) is 0.395. The predicted octanol–water partition coefficient (Wildman–Crippen LogP) is 4.37. The summed E-state index contributed by atoms with van der Waals surface area (Å²) in [6, 6.07) is 13.4. The smallest absolute Gasteiger partial charge is 0.246 e. The Morgan fingerprint density at radius 3 is 2.57 bits per heavy atom. The first kappa shape index (κ1) is 29.0. The minimum Gasteiger partial charge on any atom is -0.365 e. The van der Waals surface area contributed by atoms with Crippen LogP contribution in [0.5, 0.6) is 0 Å². The Morgan fingerprint density at radius 2 is 1.82 bits per heavy atom. The molecule has 0 radical (unpaired) electrons. The molecule has 8 nitrogen and oxygen atoms in total. The lowest BCUT2D eigenvalue weighted by atomic mass is 9.73. The number of aromatic nitrogens is 2. The van der Waals surface area contributed by atoms with E-state index in [0.717, 1.165) is 49.9 Å². The molecule has 1 amide bonds. The molecule has 4 aliphatic rings. The van der Waals surface area contributed by atoms with Crippen LogP contribution in [0, 0.1) is 12.3 Å². The molecule has 0 unspecified atom stereocenters. The van der Waals surface area contributed by atoms with Crippen LogP contribution in [0.1, 0.15) is 36.5 Å². The Morgan fingerprint density at radius 1 is 1.05 bits per heavy atom. The topological polar surface area (TPSA) is 59.1 Å². The summed E-state index contributed by atoms with van der Waals surface area (Å²) in [5.41, 5.74) is 5.46. The lowest BCUT2D eigenvalue weighted by molar-refractivity contribution is -0.128. The van der Waals surface area contributed by atoms with Crippen molar-refractivity contribution in [3.05, 3.63) is 77.8 Å². The Balaban J connectivity index is 1.19. The zero-order valence-corrected chi connectivity index (χ0v) is 26.7. The van der Waals surface area contributed by atoms with E-state index in [1.54, 1.807) is 0 Å². The minimum atomic E-state index is -0.000295. The maximum atomic E-state index is 12.6. The second-order valence-corrected chi connectivity index (χ2v) is 13.7.